The first-order chi connectivity index (χ1) is 10.0. The quantitative estimate of drug-likeness (QED) is 0.496. The fraction of sp³-hybridized carbons (Fsp3) is 0.786. The minimum Gasteiger partial charge on any atom is -0.465 e. The summed E-state index contributed by atoms with van der Waals surface area (Å²) in [7, 11) is 0. The van der Waals surface area contributed by atoms with E-state index in [1.807, 2.05) is 4.90 Å². The van der Waals surface area contributed by atoms with Gasteiger partial charge in [0.2, 0.25) is 11.8 Å². The van der Waals surface area contributed by atoms with Gasteiger partial charge < -0.3 is 15.4 Å². The van der Waals surface area contributed by atoms with Crippen molar-refractivity contribution in [2.45, 2.75) is 39.2 Å². The first kappa shape index (κ1) is 17.4. The molecular weight excluding hydrogens is 274 g/mol. The Morgan fingerprint density at radius 2 is 1.90 bits per heavy atom. The molecule has 1 atom stereocenters. The molecule has 1 fully saturated rings. The van der Waals surface area contributed by atoms with E-state index in [0.29, 0.717) is 19.7 Å². The molecule has 0 aliphatic carbocycles. The second kappa shape index (κ2) is 9.33. The fourth-order valence-corrected chi connectivity index (χ4v) is 2.37. The molecule has 0 aromatic carbocycles. The number of likely N-dealkylation sites (tertiary alicyclic amines) is 1. The predicted molar refractivity (Wildman–Crippen MR) is 77.5 cm³/mol. The zero-order chi connectivity index (χ0) is 15.7. The maximum atomic E-state index is 11.9. The van der Waals surface area contributed by atoms with Crippen LogP contribution >= 0.6 is 0 Å². The van der Waals surface area contributed by atoms with Crippen molar-refractivity contribution < 1.29 is 19.1 Å². The van der Waals surface area contributed by atoms with Gasteiger partial charge in [-0.1, -0.05) is 6.42 Å². The summed E-state index contributed by atoms with van der Waals surface area (Å²) in [6.07, 6.45) is 2.69. The van der Waals surface area contributed by atoms with Crippen LogP contribution in [0.2, 0.25) is 0 Å². The molecule has 0 bridgehead atoms. The van der Waals surface area contributed by atoms with Gasteiger partial charge >= 0.3 is 5.97 Å². The number of carbonyl (C=O) groups excluding carboxylic acids is 3. The molecule has 1 rings (SSSR count). The monoisotopic (exact) mass is 299 g/mol. The van der Waals surface area contributed by atoms with Crippen LogP contribution in [-0.2, 0) is 19.1 Å². The lowest BCUT2D eigenvalue weighted by molar-refractivity contribution is -0.151. The highest BCUT2D eigenvalue weighted by atomic mass is 16.5. The average Bonchev–Trinajstić information content (AvgIpc) is 2.44. The SMILES string of the molecule is CCOC(=O)C1CCCCN1CC(=O)NCCNC(C)=O. The summed E-state index contributed by atoms with van der Waals surface area (Å²) in [5.74, 6) is -0.512. The van der Waals surface area contributed by atoms with Gasteiger partial charge in [-0.25, -0.2) is 0 Å². The third-order valence-corrected chi connectivity index (χ3v) is 3.34. The number of esters is 1. The van der Waals surface area contributed by atoms with Crippen LogP contribution in [0, 0.1) is 0 Å². The molecule has 0 spiro atoms. The average molecular weight is 299 g/mol. The van der Waals surface area contributed by atoms with E-state index in [1.165, 1.54) is 6.92 Å². The smallest absolute Gasteiger partial charge is 0.323 e. The Labute approximate surface area is 125 Å². The summed E-state index contributed by atoms with van der Waals surface area (Å²) < 4.78 is 5.06. The number of piperidine rings is 1. The van der Waals surface area contributed by atoms with E-state index in [9.17, 15) is 14.4 Å². The third kappa shape index (κ3) is 6.57. The maximum Gasteiger partial charge on any atom is 0.323 e. The number of hydrogen-bond donors (Lipinski definition) is 2. The van der Waals surface area contributed by atoms with Crippen LogP contribution in [-0.4, -0.2) is 61.5 Å². The molecule has 0 saturated carbocycles. The first-order valence-electron chi connectivity index (χ1n) is 7.46. The predicted octanol–water partition coefficient (Wildman–Crippen LogP) is -0.344. The zero-order valence-corrected chi connectivity index (χ0v) is 12.8. The van der Waals surface area contributed by atoms with E-state index in [-0.39, 0.29) is 30.4 Å². The van der Waals surface area contributed by atoms with Crippen LogP contribution in [0.3, 0.4) is 0 Å². The molecule has 0 aromatic heterocycles. The molecule has 1 heterocycles. The molecular formula is C14H25N3O4. The van der Waals surface area contributed by atoms with Crippen LogP contribution in [0.5, 0.6) is 0 Å². The van der Waals surface area contributed by atoms with Crippen LogP contribution in [0.1, 0.15) is 33.1 Å². The van der Waals surface area contributed by atoms with Gasteiger partial charge in [0.25, 0.3) is 0 Å². The largest absolute Gasteiger partial charge is 0.465 e. The normalized spacial score (nSPS) is 18.9. The molecule has 1 aliphatic heterocycles. The number of amides is 2. The van der Waals surface area contributed by atoms with E-state index < -0.39 is 0 Å². The number of nitrogens with one attached hydrogen (secondary N) is 2. The summed E-state index contributed by atoms with van der Waals surface area (Å²) in [6, 6.07) is -0.320. The van der Waals surface area contributed by atoms with Gasteiger partial charge in [-0.15, -0.1) is 0 Å². The van der Waals surface area contributed by atoms with Crippen molar-refractivity contribution in [3.8, 4) is 0 Å². The van der Waals surface area contributed by atoms with E-state index in [4.69, 9.17) is 4.74 Å². The summed E-state index contributed by atoms with van der Waals surface area (Å²) >= 11 is 0. The molecule has 0 aromatic rings. The van der Waals surface area contributed by atoms with Gasteiger partial charge in [0.1, 0.15) is 6.04 Å². The Hall–Kier alpha value is -1.63. The fourth-order valence-electron chi connectivity index (χ4n) is 2.37. The molecule has 21 heavy (non-hydrogen) atoms. The topological polar surface area (TPSA) is 87.7 Å². The van der Waals surface area contributed by atoms with Crippen molar-refractivity contribution in [2.75, 3.05) is 32.8 Å². The molecule has 7 heteroatoms. The molecule has 120 valence electrons. The van der Waals surface area contributed by atoms with Crippen LogP contribution in [0.25, 0.3) is 0 Å². The summed E-state index contributed by atoms with van der Waals surface area (Å²) in [5.41, 5.74) is 0. The standard InChI is InChI=1S/C14H25N3O4/c1-3-21-14(20)12-6-4-5-9-17(12)10-13(19)16-8-7-15-11(2)18/h12H,3-10H2,1-2H3,(H,15,18)(H,16,19). The molecule has 2 amide bonds. The lowest BCUT2D eigenvalue weighted by Crippen LogP contribution is -2.50. The summed E-state index contributed by atoms with van der Waals surface area (Å²) in [4.78, 5) is 36.3. The van der Waals surface area contributed by atoms with Crippen molar-refractivity contribution in [2.24, 2.45) is 0 Å². The second-order valence-electron chi connectivity index (χ2n) is 5.07. The van der Waals surface area contributed by atoms with E-state index in [0.717, 1.165) is 25.8 Å². The van der Waals surface area contributed by atoms with Gasteiger partial charge in [0.15, 0.2) is 0 Å². The van der Waals surface area contributed by atoms with Crippen molar-refractivity contribution in [3.63, 3.8) is 0 Å². The van der Waals surface area contributed by atoms with Gasteiger partial charge in [-0.05, 0) is 26.3 Å². The number of rotatable bonds is 7. The highest BCUT2D eigenvalue weighted by molar-refractivity contribution is 5.80. The Balaban J connectivity index is 2.37. The zero-order valence-electron chi connectivity index (χ0n) is 12.8. The van der Waals surface area contributed by atoms with Gasteiger partial charge in [-0.2, -0.15) is 0 Å². The number of nitrogens with zero attached hydrogens (tertiary/aromatic N) is 1. The first-order valence-corrected chi connectivity index (χ1v) is 7.46. The van der Waals surface area contributed by atoms with Crippen molar-refractivity contribution >= 4 is 17.8 Å². The minimum atomic E-state index is -0.320. The van der Waals surface area contributed by atoms with Crippen molar-refractivity contribution in [1.29, 1.82) is 0 Å². The highest BCUT2D eigenvalue weighted by Crippen LogP contribution is 2.17. The minimum absolute atomic E-state index is 0.123. The van der Waals surface area contributed by atoms with E-state index in [2.05, 4.69) is 10.6 Å². The van der Waals surface area contributed by atoms with Gasteiger partial charge in [0, 0.05) is 20.0 Å². The van der Waals surface area contributed by atoms with E-state index >= 15 is 0 Å². The van der Waals surface area contributed by atoms with Crippen LogP contribution < -0.4 is 10.6 Å². The molecule has 1 saturated heterocycles. The molecule has 1 aliphatic rings. The lowest BCUT2D eigenvalue weighted by atomic mass is 10.0. The second-order valence-corrected chi connectivity index (χ2v) is 5.07. The van der Waals surface area contributed by atoms with Crippen molar-refractivity contribution in [1.82, 2.24) is 15.5 Å². The Kier molecular flexibility index (Phi) is 7.74. The van der Waals surface area contributed by atoms with Crippen molar-refractivity contribution in [3.05, 3.63) is 0 Å². The van der Waals surface area contributed by atoms with Crippen LogP contribution in [0.4, 0.5) is 0 Å². The summed E-state index contributed by atoms with van der Waals surface area (Å²) in [6.45, 7) is 5.26. The number of ether oxygens (including phenoxy) is 1. The van der Waals surface area contributed by atoms with E-state index in [1.54, 1.807) is 6.92 Å². The molecule has 2 N–H and O–H groups in total. The Morgan fingerprint density at radius 3 is 2.57 bits per heavy atom. The summed E-state index contributed by atoms with van der Waals surface area (Å²) in [5, 5.41) is 5.34. The molecule has 1 unspecified atom stereocenters. The third-order valence-electron chi connectivity index (χ3n) is 3.34. The number of carbonyl (C=O) groups is 3. The Bertz CT molecular complexity index is 373. The molecule has 7 nitrogen and oxygen atoms in total. The lowest BCUT2D eigenvalue weighted by Gasteiger charge is -2.33. The van der Waals surface area contributed by atoms with Crippen LogP contribution in [0.15, 0.2) is 0 Å². The Morgan fingerprint density at radius 1 is 1.19 bits per heavy atom. The molecule has 0 radical (unpaired) electrons. The highest BCUT2D eigenvalue weighted by Gasteiger charge is 2.30. The maximum absolute atomic E-state index is 11.9. The van der Waals surface area contributed by atoms with Gasteiger partial charge in [-0.3, -0.25) is 19.3 Å². The number of hydrogen-bond acceptors (Lipinski definition) is 5. The van der Waals surface area contributed by atoms with Gasteiger partial charge in [0.05, 0.1) is 13.2 Å².